The molecule has 1 atom stereocenters. The van der Waals surface area contributed by atoms with E-state index in [0.29, 0.717) is 18.8 Å². The quantitative estimate of drug-likeness (QED) is 0.758. The second kappa shape index (κ2) is 9.17. The summed E-state index contributed by atoms with van der Waals surface area (Å²) in [4.78, 5) is 31.2. The number of amides is 2. The van der Waals surface area contributed by atoms with Crippen molar-refractivity contribution in [2.24, 2.45) is 7.05 Å². The summed E-state index contributed by atoms with van der Waals surface area (Å²) >= 11 is 0. The number of methoxy groups -OCH3 is 1. The number of anilines is 2. The van der Waals surface area contributed by atoms with Crippen molar-refractivity contribution in [3.8, 4) is 5.75 Å². The minimum absolute atomic E-state index is 0.0152. The number of nitrogens with one attached hydrogen (secondary N) is 1. The van der Waals surface area contributed by atoms with E-state index in [9.17, 15) is 9.59 Å². The fourth-order valence-corrected chi connectivity index (χ4v) is 3.67. The predicted molar refractivity (Wildman–Crippen MR) is 116 cm³/mol. The second-order valence-corrected chi connectivity index (χ2v) is 7.71. The molecule has 0 unspecified atom stereocenters. The Labute approximate surface area is 177 Å². The number of hydrogen-bond acceptors (Lipinski definition) is 6. The number of carbonyl (C=O) groups excluding carboxylic acids is 2. The van der Waals surface area contributed by atoms with E-state index in [-0.39, 0.29) is 18.4 Å². The predicted octanol–water partition coefficient (Wildman–Crippen LogP) is 0.955. The number of carbonyl (C=O) groups is 2. The van der Waals surface area contributed by atoms with Gasteiger partial charge < -0.3 is 19.9 Å². The van der Waals surface area contributed by atoms with Crippen LogP contribution in [0.3, 0.4) is 0 Å². The summed E-state index contributed by atoms with van der Waals surface area (Å²) in [6.07, 6.45) is 1.78. The molecule has 1 fully saturated rings. The third-order valence-corrected chi connectivity index (χ3v) is 5.29. The van der Waals surface area contributed by atoms with Crippen molar-refractivity contribution in [2.45, 2.75) is 13.0 Å². The highest BCUT2D eigenvalue weighted by Crippen LogP contribution is 2.23. The average Bonchev–Trinajstić information content (AvgIpc) is 3.04. The van der Waals surface area contributed by atoms with Gasteiger partial charge in [-0.15, -0.1) is 0 Å². The molecular formula is C21H30N6O3. The van der Waals surface area contributed by atoms with Gasteiger partial charge in [0.1, 0.15) is 11.8 Å². The van der Waals surface area contributed by atoms with Crippen LogP contribution in [0.5, 0.6) is 5.75 Å². The second-order valence-electron chi connectivity index (χ2n) is 7.71. The zero-order chi connectivity index (χ0) is 21.8. The first-order chi connectivity index (χ1) is 14.3. The molecule has 1 aliphatic rings. The van der Waals surface area contributed by atoms with E-state index in [1.165, 1.54) is 0 Å². The Morgan fingerprint density at radius 3 is 2.50 bits per heavy atom. The van der Waals surface area contributed by atoms with Gasteiger partial charge in [-0.1, -0.05) is 0 Å². The fourth-order valence-electron chi connectivity index (χ4n) is 3.67. The summed E-state index contributed by atoms with van der Waals surface area (Å²) in [5.41, 5.74) is 2.48. The van der Waals surface area contributed by atoms with Gasteiger partial charge in [0.2, 0.25) is 11.8 Å². The summed E-state index contributed by atoms with van der Waals surface area (Å²) in [6.45, 7) is 3.84. The molecule has 0 spiro atoms. The van der Waals surface area contributed by atoms with Gasteiger partial charge >= 0.3 is 0 Å². The lowest BCUT2D eigenvalue weighted by Crippen LogP contribution is -2.60. The number of ether oxygens (including phenoxy) is 1. The van der Waals surface area contributed by atoms with Crippen LogP contribution in [0, 0.1) is 6.92 Å². The van der Waals surface area contributed by atoms with Gasteiger partial charge in [0.15, 0.2) is 0 Å². The molecule has 1 saturated heterocycles. The Hall–Kier alpha value is -3.07. The van der Waals surface area contributed by atoms with Crippen molar-refractivity contribution < 1.29 is 14.3 Å². The van der Waals surface area contributed by atoms with Crippen LogP contribution in [-0.4, -0.2) is 84.8 Å². The largest absolute Gasteiger partial charge is 0.497 e. The number of likely N-dealkylation sites (N-methyl/N-ethyl adjacent to an activating group) is 1. The van der Waals surface area contributed by atoms with Crippen LogP contribution in [0.4, 0.5) is 11.4 Å². The molecule has 162 valence electrons. The van der Waals surface area contributed by atoms with Gasteiger partial charge in [0.05, 0.1) is 25.0 Å². The van der Waals surface area contributed by atoms with Gasteiger partial charge in [-0.25, -0.2) is 0 Å². The Balaban J connectivity index is 1.71. The summed E-state index contributed by atoms with van der Waals surface area (Å²) in [6, 6.07) is 7.40. The van der Waals surface area contributed by atoms with E-state index in [2.05, 4.69) is 15.3 Å². The van der Waals surface area contributed by atoms with E-state index in [1.807, 2.05) is 43.1 Å². The van der Waals surface area contributed by atoms with Gasteiger partial charge in [0, 0.05) is 52.7 Å². The van der Waals surface area contributed by atoms with Crippen LogP contribution in [0.25, 0.3) is 0 Å². The first kappa shape index (κ1) is 21.6. The molecule has 2 amide bonds. The van der Waals surface area contributed by atoms with Gasteiger partial charge in [0.25, 0.3) is 0 Å². The highest BCUT2D eigenvalue weighted by Gasteiger charge is 2.34. The smallest absolute Gasteiger partial charge is 0.241 e. The average molecular weight is 415 g/mol. The number of aryl methyl sites for hydroxylation is 2. The highest BCUT2D eigenvalue weighted by molar-refractivity contribution is 5.93. The normalized spacial score (nSPS) is 17.0. The van der Waals surface area contributed by atoms with Crippen molar-refractivity contribution in [3.05, 3.63) is 36.2 Å². The van der Waals surface area contributed by atoms with Crippen molar-refractivity contribution >= 4 is 23.2 Å². The van der Waals surface area contributed by atoms with E-state index < -0.39 is 6.04 Å². The van der Waals surface area contributed by atoms with Crippen LogP contribution < -0.4 is 15.0 Å². The number of aromatic nitrogens is 2. The van der Waals surface area contributed by atoms with Crippen LogP contribution >= 0.6 is 0 Å². The van der Waals surface area contributed by atoms with E-state index in [0.717, 1.165) is 23.7 Å². The lowest BCUT2D eigenvalue weighted by atomic mass is 10.1. The van der Waals surface area contributed by atoms with Crippen LogP contribution in [-0.2, 0) is 16.6 Å². The van der Waals surface area contributed by atoms with Crippen molar-refractivity contribution in [2.75, 3.05) is 57.6 Å². The van der Waals surface area contributed by atoms with Crippen LogP contribution in [0.15, 0.2) is 30.5 Å². The molecule has 1 aliphatic heterocycles. The molecule has 2 aromatic rings. The Kier molecular flexibility index (Phi) is 6.61. The monoisotopic (exact) mass is 414 g/mol. The maximum Gasteiger partial charge on any atom is 0.241 e. The Morgan fingerprint density at radius 2 is 1.93 bits per heavy atom. The zero-order valence-corrected chi connectivity index (χ0v) is 18.3. The molecule has 30 heavy (non-hydrogen) atoms. The maximum absolute atomic E-state index is 12.9. The van der Waals surface area contributed by atoms with Gasteiger partial charge in [-0.05, 0) is 31.2 Å². The molecule has 0 bridgehead atoms. The molecule has 0 radical (unpaired) electrons. The molecule has 9 nitrogen and oxygen atoms in total. The first-order valence-electron chi connectivity index (χ1n) is 9.92. The molecule has 1 aromatic heterocycles. The third-order valence-electron chi connectivity index (χ3n) is 5.29. The SMILES string of the molecule is COc1ccc(N2CCN(CC(=O)Nc3cn(C)nc3C)[C@H](C(=O)N(C)C)C2)cc1. The minimum atomic E-state index is -0.406. The summed E-state index contributed by atoms with van der Waals surface area (Å²) < 4.78 is 6.89. The molecule has 3 rings (SSSR count). The number of benzene rings is 1. The summed E-state index contributed by atoms with van der Waals surface area (Å²) in [5.74, 6) is 0.625. The first-order valence-corrected chi connectivity index (χ1v) is 9.92. The molecular weight excluding hydrogens is 384 g/mol. The zero-order valence-electron chi connectivity index (χ0n) is 18.3. The molecule has 0 saturated carbocycles. The van der Waals surface area contributed by atoms with Crippen molar-refractivity contribution in [1.82, 2.24) is 19.6 Å². The summed E-state index contributed by atoms with van der Waals surface area (Å²) in [5, 5.41) is 7.15. The Morgan fingerprint density at radius 1 is 1.23 bits per heavy atom. The molecule has 1 aromatic carbocycles. The molecule has 2 heterocycles. The number of hydrogen-bond donors (Lipinski definition) is 1. The van der Waals surface area contributed by atoms with Crippen molar-refractivity contribution in [3.63, 3.8) is 0 Å². The maximum atomic E-state index is 12.9. The van der Waals surface area contributed by atoms with Gasteiger partial charge in [-0.3, -0.25) is 19.2 Å². The highest BCUT2D eigenvalue weighted by atomic mass is 16.5. The topological polar surface area (TPSA) is 82.9 Å². The Bertz CT molecular complexity index is 893. The lowest BCUT2D eigenvalue weighted by Gasteiger charge is -2.42. The van der Waals surface area contributed by atoms with E-state index in [4.69, 9.17) is 4.74 Å². The molecule has 0 aliphatic carbocycles. The van der Waals surface area contributed by atoms with E-state index in [1.54, 1.807) is 37.0 Å². The van der Waals surface area contributed by atoms with Crippen LogP contribution in [0.2, 0.25) is 0 Å². The molecule has 9 heteroatoms. The van der Waals surface area contributed by atoms with Crippen LogP contribution in [0.1, 0.15) is 5.69 Å². The fraction of sp³-hybridized carbons (Fsp3) is 0.476. The van der Waals surface area contributed by atoms with E-state index >= 15 is 0 Å². The number of nitrogens with zero attached hydrogens (tertiary/aromatic N) is 5. The lowest BCUT2D eigenvalue weighted by molar-refractivity contribution is -0.135. The third kappa shape index (κ3) is 4.91. The minimum Gasteiger partial charge on any atom is -0.497 e. The van der Waals surface area contributed by atoms with Gasteiger partial charge in [-0.2, -0.15) is 5.10 Å². The number of rotatable bonds is 6. The summed E-state index contributed by atoms with van der Waals surface area (Å²) in [7, 11) is 6.93. The van der Waals surface area contributed by atoms with Crippen molar-refractivity contribution in [1.29, 1.82) is 0 Å². The standard InChI is InChI=1S/C21H30N6O3/c1-15-18(12-25(4)23-15)22-20(28)14-27-11-10-26(13-19(27)21(29)24(2)3)16-6-8-17(30-5)9-7-16/h6-9,12,19H,10-11,13-14H2,1-5H3,(H,22,28)/t19-/m0/s1. The molecule has 1 N–H and O–H groups in total. The number of piperazine rings is 1.